The maximum absolute atomic E-state index is 13.4. The molecule has 0 aliphatic carbocycles. The summed E-state index contributed by atoms with van der Waals surface area (Å²) in [6.45, 7) is 10.7. The Balaban J connectivity index is 1.32. The number of para-hydroxylation sites is 1. The molecule has 0 bridgehead atoms. The zero-order valence-electron chi connectivity index (χ0n) is 28.0. The number of fused-ring (bicyclic) bond motifs is 4. The van der Waals surface area contributed by atoms with Crippen LogP contribution >= 0.6 is 35.7 Å². The van der Waals surface area contributed by atoms with Gasteiger partial charge in [-0.15, -0.1) is 11.8 Å². The zero-order chi connectivity index (χ0) is 33.8. The first-order valence-electron chi connectivity index (χ1n) is 16.4. The number of esters is 2. The average molecular weight is 693 g/mol. The van der Waals surface area contributed by atoms with Crippen molar-refractivity contribution < 1.29 is 23.8 Å². The molecular weight excluding hydrogens is 649 g/mol. The number of unbranched alkanes of at least 4 members (excludes halogenated alkanes) is 2. The number of hydrogen-bond acceptors (Lipinski definition) is 10. The van der Waals surface area contributed by atoms with E-state index < -0.39 is 22.9 Å². The van der Waals surface area contributed by atoms with Crippen LogP contribution in [0.1, 0.15) is 72.3 Å². The summed E-state index contributed by atoms with van der Waals surface area (Å²) in [6.07, 6.45) is 6.01. The largest absolute Gasteiger partial charge is 0.465 e. The Labute approximate surface area is 292 Å². The molecule has 250 valence electrons. The molecule has 0 fully saturated rings. The van der Waals surface area contributed by atoms with Crippen molar-refractivity contribution in [2.75, 3.05) is 24.3 Å². The molecule has 3 atom stereocenters. The predicted octanol–water partition coefficient (Wildman–Crippen LogP) is 9.25. The summed E-state index contributed by atoms with van der Waals surface area (Å²) in [5.41, 5.74) is 1.86. The van der Waals surface area contributed by atoms with Crippen molar-refractivity contribution in [3.8, 4) is 11.5 Å². The molecule has 7 nitrogen and oxygen atoms in total. The van der Waals surface area contributed by atoms with Crippen LogP contribution in [0.2, 0.25) is 0 Å². The highest BCUT2D eigenvalue weighted by molar-refractivity contribution is 8.47. The van der Waals surface area contributed by atoms with E-state index in [1.165, 1.54) is 17.3 Å². The number of carbonyl (C=O) groups excluding carboxylic acids is 2. The first kappa shape index (κ1) is 35.2. The van der Waals surface area contributed by atoms with Gasteiger partial charge in [0.2, 0.25) is 5.72 Å². The van der Waals surface area contributed by atoms with E-state index >= 15 is 0 Å². The van der Waals surface area contributed by atoms with Crippen LogP contribution in [0.5, 0.6) is 11.5 Å². The highest BCUT2D eigenvalue weighted by atomic mass is 32.2. The first-order chi connectivity index (χ1) is 22.5. The van der Waals surface area contributed by atoms with E-state index in [1.54, 1.807) is 24.8 Å². The van der Waals surface area contributed by atoms with Crippen molar-refractivity contribution in [3.63, 3.8) is 0 Å². The number of carbonyl (C=O) groups is 2. The Bertz CT molecular complexity index is 1670. The Hall–Kier alpha value is -3.08. The minimum Gasteiger partial charge on any atom is -0.465 e. The third kappa shape index (κ3) is 7.20. The number of thioether (sulfide) groups is 2. The van der Waals surface area contributed by atoms with Crippen molar-refractivity contribution in [3.05, 3.63) is 60.2 Å². The molecular formula is C37H44N2O5S3. The number of thiocarbonyl (C=S) groups is 1. The normalized spacial score (nSPS) is 18.7. The molecule has 2 aliphatic heterocycles. The summed E-state index contributed by atoms with van der Waals surface area (Å²) in [5.74, 6) is 0.660. The topological polar surface area (TPSA) is 77.4 Å². The molecule has 3 unspecified atom stereocenters. The summed E-state index contributed by atoms with van der Waals surface area (Å²) in [4.78, 5) is 33.5. The lowest BCUT2D eigenvalue weighted by molar-refractivity contribution is -0.144. The van der Waals surface area contributed by atoms with E-state index in [9.17, 15) is 9.59 Å². The van der Waals surface area contributed by atoms with Crippen LogP contribution in [0.3, 0.4) is 0 Å². The SMILES string of the molecule is CCCCOC(=O)C(CC(C)C(=O)Oc1ccc2ccc3c(c2c1)N=CC1(O3)N(C)c2ccccc2C1(C)C)SC(=S)SCCCC. The number of anilines is 1. The highest BCUT2D eigenvalue weighted by Gasteiger charge is 2.58. The summed E-state index contributed by atoms with van der Waals surface area (Å²) in [5, 5.41) is 1.20. The Morgan fingerprint density at radius 3 is 2.53 bits per heavy atom. The Morgan fingerprint density at radius 2 is 1.79 bits per heavy atom. The third-order valence-electron chi connectivity index (χ3n) is 9.04. The second-order valence-electron chi connectivity index (χ2n) is 12.7. The average Bonchev–Trinajstić information content (AvgIpc) is 3.22. The lowest BCUT2D eigenvalue weighted by Crippen LogP contribution is -2.61. The van der Waals surface area contributed by atoms with Crippen molar-refractivity contribution in [1.29, 1.82) is 0 Å². The summed E-state index contributed by atoms with van der Waals surface area (Å²) < 4.78 is 18.9. The van der Waals surface area contributed by atoms with Gasteiger partial charge in [0.1, 0.15) is 26.0 Å². The van der Waals surface area contributed by atoms with Crippen LogP contribution in [0.4, 0.5) is 11.4 Å². The van der Waals surface area contributed by atoms with Crippen LogP contribution in [-0.4, -0.2) is 52.1 Å². The standard InChI is InChI=1S/C37H44N2O5S3/c1-7-9-19-42-34(41)31(47-35(45)46-20-10-8-2)21-24(3)33(40)43-26-17-15-25-16-18-30-32(27(25)22-26)38-23-37(44-30)36(4,5)28-13-11-12-14-29(28)39(37)6/h11-18,22-24,31H,7-10,19-21H2,1-6H3. The van der Waals surface area contributed by atoms with Gasteiger partial charge in [0.05, 0.1) is 24.2 Å². The Kier molecular flexibility index (Phi) is 11.2. The fraction of sp³-hybridized carbons (Fsp3) is 0.459. The lowest BCUT2D eigenvalue weighted by atomic mass is 9.77. The van der Waals surface area contributed by atoms with E-state index in [1.807, 2.05) is 50.5 Å². The van der Waals surface area contributed by atoms with Crippen LogP contribution in [-0.2, 0) is 19.7 Å². The van der Waals surface area contributed by atoms with Gasteiger partial charge in [0.15, 0.2) is 0 Å². The molecule has 47 heavy (non-hydrogen) atoms. The molecule has 1 spiro atoms. The molecule has 0 saturated heterocycles. The van der Waals surface area contributed by atoms with E-state index in [4.69, 9.17) is 31.4 Å². The number of hydrogen-bond donors (Lipinski definition) is 0. The zero-order valence-corrected chi connectivity index (χ0v) is 30.5. The van der Waals surface area contributed by atoms with Crippen molar-refractivity contribution in [2.45, 2.75) is 83.1 Å². The van der Waals surface area contributed by atoms with Crippen molar-refractivity contribution in [2.24, 2.45) is 10.9 Å². The molecule has 2 heterocycles. The van der Waals surface area contributed by atoms with Gasteiger partial charge in [0.25, 0.3) is 0 Å². The van der Waals surface area contributed by atoms with Crippen LogP contribution in [0, 0.1) is 5.92 Å². The lowest BCUT2D eigenvalue weighted by Gasteiger charge is -2.45. The molecule has 3 aromatic carbocycles. The number of aliphatic imine (C=N–C) groups is 1. The van der Waals surface area contributed by atoms with Gasteiger partial charge < -0.3 is 19.1 Å². The second kappa shape index (κ2) is 15.0. The van der Waals surface area contributed by atoms with E-state index in [0.29, 0.717) is 27.3 Å². The van der Waals surface area contributed by atoms with E-state index in [2.05, 4.69) is 43.9 Å². The molecule has 5 rings (SSSR count). The van der Waals surface area contributed by atoms with Gasteiger partial charge in [0, 0.05) is 18.1 Å². The van der Waals surface area contributed by atoms with E-state index in [-0.39, 0.29) is 17.8 Å². The maximum atomic E-state index is 13.4. The van der Waals surface area contributed by atoms with Gasteiger partial charge in [-0.25, -0.2) is 0 Å². The number of likely N-dealkylation sites (N-methyl/N-ethyl adjacent to an activating group) is 1. The van der Waals surface area contributed by atoms with Gasteiger partial charge in [-0.1, -0.05) is 87.9 Å². The molecule has 0 N–H and O–H groups in total. The number of rotatable bonds is 12. The minimum atomic E-state index is -0.792. The van der Waals surface area contributed by atoms with Crippen LogP contribution < -0.4 is 14.4 Å². The molecule has 0 aromatic heterocycles. The summed E-state index contributed by atoms with van der Waals surface area (Å²) in [7, 11) is 2.04. The molecule has 10 heteroatoms. The van der Waals surface area contributed by atoms with Gasteiger partial charge in [-0.2, -0.15) is 0 Å². The molecule has 0 saturated carbocycles. The summed E-state index contributed by atoms with van der Waals surface area (Å²) >= 11 is 8.45. The van der Waals surface area contributed by atoms with Crippen LogP contribution in [0.15, 0.2) is 59.6 Å². The predicted molar refractivity (Wildman–Crippen MR) is 200 cm³/mol. The molecule has 0 radical (unpaired) electrons. The van der Waals surface area contributed by atoms with E-state index in [0.717, 1.165) is 47.9 Å². The second-order valence-corrected chi connectivity index (χ2v) is 16.2. The maximum Gasteiger partial charge on any atom is 0.319 e. The number of nitrogens with zero attached hydrogens (tertiary/aromatic N) is 2. The number of benzene rings is 3. The molecule has 2 aliphatic rings. The molecule has 0 amide bonds. The Morgan fingerprint density at radius 1 is 1.04 bits per heavy atom. The fourth-order valence-electron chi connectivity index (χ4n) is 6.10. The third-order valence-corrected chi connectivity index (χ3v) is 11.9. The van der Waals surface area contributed by atoms with Gasteiger partial charge >= 0.3 is 11.9 Å². The quantitative estimate of drug-likeness (QED) is 0.0799. The minimum absolute atomic E-state index is 0.262. The first-order valence-corrected chi connectivity index (χ1v) is 18.7. The van der Waals surface area contributed by atoms with Crippen molar-refractivity contribution in [1.82, 2.24) is 0 Å². The number of ether oxygens (including phenoxy) is 3. The fourth-order valence-corrected chi connectivity index (χ4v) is 8.95. The van der Waals surface area contributed by atoms with Gasteiger partial charge in [-0.3, -0.25) is 14.6 Å². The smallest absolute Gasteiger partial charge is 0.319 e. The molecule has 3 aromatic rings. The van der Waals surface area contributed by atoms with Gasteiger partial charge in [-0.05, 0) is 74.1 Å². The monoisotopic (exact) mass is 692 g/mol. The van der Waals surface area contributed by atoms with Crippen LogP contribution in [0.25, 0.3) is 10.8 Å². The highest BCUT2D eigenvalue weighted by Crippen LogP contribution is 2.54. The summed E-state index contributed by atoms with van der Waals surface area (Å²) in [6, 6.07) is 17.8. The van der Waals surface area contributed by atoms with Crippen molar-refractivity contribution >= 4 is 79.6 Å².